The lowest BCUT2D eigenvalue weighted by atomic mass is 9.99. The van der Waals surface area contributed by atoms with E-state index < -0.39 is 41.7 Å². The van der Waals surface area contributed by atoms with E-state index in [1.807, 2.05) is 13.8 Å². The fourth-order valence-electron chi connectivity index (χ4n) is 4.10. The molecular weight excluding hydrogens is 750 g/mol. The van der Waals surface area contributed by atoms with E-state index in [4.69, 9.17) is 36.7 Å². The van der Waals surface area contributed by atoms with Crippen molar-refractivity contribution in [1.82, 2.24) is 20.2 Å². The first-order chi connectivity index (χ1) is 25.4. The highest BCUT2D eigenvalue weighted by atomic mass is 19.4. The van der Waals surface area contributed by atoms with E-state index in [-0.39, 0.29) is 55.1 Å². The Kier molecular flexibility index (Phi) is 20.2. The van der Waals surface area contributed by atoms with Gasteiger partial charge in [-0.15, -0.1) is 0 Å². The van der Waals surface area contributed by atoms with Gasteiger partial charge >= 0.3 is 18.8 Å². The Balaban J connectivity index is 0.00000178. The number of carboxylic acids is 1. The number of halogens is 6. The van der Waals surface area contributed by atoms with Gasteiger partial charge in [0.1, 0.15) is 12.4 Å². The van der Waals surface area contributed by atoms with Gasteiger partial charge in [0.25, 0.3) is 17.9 Å². The lowest BCUT2D eigenvalue weighted by Gasteiger charge is -2.25. The number of aliphatic hydroxyl groups excluding tert-OH is 1. The van der Waals surface area contributed by atoms with Crippen LogP contribution in [-0.4, -0.2) is 86.0 Å². The maximum Gasteiger partial charge on any atom is 0.490 e. The van der Waals surface area contributed by atoms with Gasteiger partial charge in [0, 0.05) is 47.1 Å². The molecule has 2 aromatic carbocycles. The Morgan fingerprint density at radius 3 is 2.02 bits per heavy atom. The van der Waals surface area contributed by atoms with Gasteiger partial charge in [0.05, 0.1) is 11.9 Å². The van der Waals surface area contributed by atoms with Crippen LogP contribution in [0.1, 0.15) is 55.6 Å². The standard InChI is InChI=1S/C29H38N8O4.C2HF3O2.CHF3.CH2O2/c1-17(2)35-26-28(41)37(16-24(39)33-14-18-5-7-19(8-6-18)25(31)32)23(15-34-26)20-11-21(13-22(30)12-20)27(40)36-29(3,4)9-10-38;3-2(4,5)1(6)7;2-1(3)4;2-1-3/h5-8,11-13,15,17,38H,9-10,14,16,30H2,1-4H3,(H3,31,32)(H,33,39)(H,34,35)(H,36,40);(H,6,7);1H;1H,(H,2,3). The number of anilines is 2. The highest BCUT2D eigenvalue weighted by Crippen LogP contribution is 2.24. The minimum absolute atomic E-state index is 0.0490. The number of hydrogen-bond acceptors (Lipinski definition) is 10. The fraction of sp³-hybridized carbons (Fsp3) is 0.364. The van der Waals surface area contributed by atoms with Crippen LogP contribution in [-0.2, 0) is 27.5 Å². The topological polar surface area (TPSA) is 276 Å². The number of nitrogen functional groups attached to an aromatic ring is 2. The Bertz CT molecular complexity index is 1800. The molecular formula is C33H42F6N8O8. The summed E-state index contributed by atoms with van der Waals surface area (Å²) in [6, 6.07) is 11.5. The van der Waals surface area contributed by atoms with Gasteiger partial charge in [0.15, 0.2) is 5.82 Å². The molecule has 0 saturated carbocycles. The van der Waals surface area contributed by atoms with Crippen LogP contribution in [0.4, 0.5) is 37.8 Å². The zero-order valence-corrected chi connectivity index (χ0v) is 29.9. The van der Waals surface area contributed by atoms with Crippen LogP contribution in [0, 0.1) is 5.41 Å². The van der Waals surface area contributed by atoms with E-state index in [1.54, 1.807) is 50.2 Å². The molecule has 0 aliphatic rings. The van der Waals surface area contributed by atoms with Crippen molar-refractivity contribution in [3.8, 4) is 11.3 Å². The van der Waals surface area contributed by atoms with Crippen molar-refractivity contribution < 1.29 is 60.8 Å². The highest BCUT2D eigenvalue weighted by Gasteiger charge is 2.38. The molecule has 2 amide bonds. The van der Waals surface area contributed by atoms with Gasteiger partial charge in [-0.3, -0.25) is 29.2 Å². The maximum absolute atomic E-state index is 13.5. The fourth-order valence-corrected chi connectivity index (χ4v) is 4.10. The van der Waals surface area contributed by atoms with Gasteiger partial charge in [0.2, 0.25) is 5.91 Å². The van der Waals surface area contributed by atoms with Crippen molar-refractivity contribution >= 4 is 41.6 Å². The summed E-state index contributed by atoms with van der Waals surface area (Å²) in [6.45, 7) is 3.22. The zero-order chi connectivity index (χ0) is 42.7. The summed E-state index contributed by atoms with van der Waals surface area (Å²) in [5.41, 5.74) is 13.1. The molecule has 0 spiro atoms. The number of alkyl halides is 6. The van der Waals surface area contributed by atoms with Gasteiger partial charge in [-0.25, -0.2) is 9.78 Å². The smallest absolute Gasteiger partial charge is 0.483 e. The molecule has 22 heteroatoms. The number of benzene rings is 2. The number of amides is 2. The molecule has 0 atom stereocenters. The number of hydrogen-bond donors (Lipinski definition) is 9. The number of nitrogens with two attached hydrogens (primary N) is 2. The monoisotopic (exact) mass is 792 g/mol. The van der Waals surface area contributed by atoms with Crippen molar-refractivity contribution in [1.29, 1.82) is 5.41 Å². The Morgan fingerprint density at radius 2 is 1.56 bits per heavy atom. The molecule has 304 valence electrons. The van der Waals surface area contributed by atoms with Crippen LogP contribution in [0.3, 0.4) is 0 Å². The number of nitrogens with one attached hydrogen (secondary N) is 4. The number of carbonyl (C=O) groups excluding carboxylic acids is 2. The van der Waals surface area contributed by atoms with E-state index in [0.29, 0.717) is 23.2 Å². The Hall–Kier alpha value is -6.19. The molecule has 3 rings (SSSR count). The number of rotatable bonds is 12. The predicted octanol–water partition coefficient (Wildman–Crippen LogP) is 3.32. The normalized spacial score (nSPS) is 10.7. The van der Waals surface area contributed by atoms with E-state index in [9.17, 15) is 45.8 Å². The minimum atomic E-state index is -5.08. The first kappa shape index (κ1) is 48.8. The number of amidine groups is 1. The van der Waals surface area contributed by atoms with Crippen molar-refractivity contribution in [3.05, 3.63) is 75.7 Å². The van der Waals surface area contributed by atoms with Crippen LogP contribution in [0.15, 0.2) is 53.5 Å². The Labute approximate surface area is 310 Å². The third-order valence-electron chi connectivity index (χ3n) is 6.48. The predicted molar refractivity (Wildman–Crippen MR) is 189 cm³/mol. The lowest BCUT2D eigenvalue weighted by molar-refractivity contribution is -0.192. The molecule has 55 heavy (non-hydrogen) atoms. The summed E-state index contributed by atoms with van der Waals surface area (Å²) in [4.78, 5) is 61.1. The lowest BCUT2D eigenvalue weighted by Crippen LogP contribution is -2.44. The second-order valence-electron chi connectivity index (χ2n) is 11.9. The minimum Gasteiger partial charge on any atom is -0.483 e. The molecule has 0 aliphatic heterocycles. The van der Waals surface area contributed by atoms with E-state index in [0.717, 1.165) is 5.56 Å². The summed E-state index contributed by atoms with van der Waals surface area (Å²) < 4.78 is 62.0. The first-order valence-electron chi connectivity index (χ1n) is 15.6. The molecule has 1 heterocycles. The number of aliphatic carboxylic acids is 1. The quantitative estimate of drug-likeness (QED) is 0.0420. The molecule has 1 aromatic heterocycles. The summed E-state index contributed by atoms with van der Waals surface area (Å²) in [6.07, 6.45) is -3.26. The van der Waals surface area contributed by atoms with Crippen molar-refractivity contribution in [2.75, 3.05) is 17.7 Å². The molecule has 3 aromatic rings. The van der Waals surface area contributed by atoms with Crippen LogP contribution in [0.2, 0.25) is 0 Å². The average molecular weight is 793 g/mol. The van der Waals surface area contributed by atoms with Crippen molar-refractivity contribution in [3.63, 3.8) is 0 Å². The van der Waals surface area contributed by atoms with Gasteiger partial charge in [-0.2, -0.15) is 26.3 Å². The third-order valence-corrected chi connectivity index (χ3v) is 6.48. The molecule has 0 radical (unpaired) electrons. The number of nitrogens with zero attached hydrogens (tertiary/aromatic N) is 2. The summed E-state index contributed by atoms with van der Waals surface area (Å²) in [7, 11) is 0. The maximum atomic E-state index is 13.5. The van der Waals surface area contributed by atoms with Crippen molar-refractivity contribution in [2.45, 2.75) is 71.6 Å². The Morgan fingerprint density at radius 1 is 1.04 bits per heavy atom. The average Bonchev–Trinajstić information content (AvgIpc) is 3.05. The van der Waals surface area contributed by atoms with E-state index >= 15 is 0 Å². The number of aromatic nitrogens is 2. The molecule has 0 aliphatic carbocycles. The summed E-state index contributed by atoms with van der Waals surface area (Å²) in [5, 5.41) is 39.5. The molecule has 0 unspecified atom stereocenters. The molecule has 0 bridgehead atoms. The van der Waals surface area contributed by atoms with E-state index in [2.05, 4.69) is 20.9 Å². The van der Waals surface area contributed by atoms with Gasteiger partial charge in [-0.1, -0.05) is 24.3 Å². The number of carboxylic acid groups (broad SMARTS) is 2. The van der Waals surface area contributed by atoms with Crippen LogP contribution in [0.5, 0.6) is 0 Å². The first-order valence-corrected chi connectivity index (χ1v) is 15.6. The molecule has 0 saturated heterocycles. The zero-order valence-electron chi connectivity index (χ0n) is 29.9. The largest absolute Gasteiger partial charge is 0.490 e. The molecule has 16 nitrogen and oxygen atoms in total. The second kappa shape index (κ2) is 22.8. The van der Waals surface area contributed by atoms with Gasteiger partial charge < -0.3 is 42.7 Å². The molecule has 11 N–H and O–H groups in total. The van der Waals surface area contributed by atoms with Gasteiger partial charge in [-0.05, 0) is 57.9 Å². The van der Waals surface area contributed by atoms with Crippen LogP contribution >= 0.6 is 0 Å². The van der Waals surface area contributed by atoms with Crippen LogP contribution in [0.25, 0.3) is 11.3 Å². The number of aliphatic hydroxyl groups is 1. The second-order valence-corrected chi connectivity index (χ2v) is 11.9. The highest BCUT2D eigenvalue weighted by molar-refractivity contribution is 5.97. The third kappa shape index (κ3) is 18.9. The summed E-state index contributed by atoms with van der Waals surface area (Å²) in [5.74, 6) is -3.53. The SMILES string of the molecule is CC(C)Nc1ncc(-c2cc(N)cc(C(=O)NC(C)(C)CCO)c2)n(CC(=O)NCc2ccc(C(=N)N)cc2)c1=O.FC(F)F.O=C(O)C(F)(F)F.O=CO. The van der Waals surface area contributed by atoms with Crippen LogP contribution < -0.4 is 33.0 Å². The van der Waals surface area contributed by atoms with Crippen molar-refractivity contribution in [2.24, 2.45) is 5.73 Å². The molecule has 0 fully saturated rings. The summed E-state index contributed by atoms with van der Waals surface area (Å²) >= 11 is 0. The number of carbonyl (C=O) groups is 4. The van der Waals surface area contributed by atoms with E-state index in [1.165, 1.54) is 16.8 Å².